The molecule has 0 saturated carbocycles. The summed E-state index contributed by atoms with van der Waals surface area (Å²) in [5.74, 6) is -0.424. The van der Waals surface area contributed by atoms with Crippen LogP contribution in [0.5, 0.6) is 0 Å². The van der Waals surface area contributed by atoms with Crippen LogP contribution in [0, 0.1) is 16.2 Å². The molecule has 18 heteroatoms. The molecule has 0 radical (unpaired) electrons. The van der Waals surface area contributed by atoms with Gasteiger partial charge >= 0.3 is 27.1 Å². The second kappa shape index (κ2) is 28.5. The van der Waals surface area contributed by atoms with E-state index in [0.29, 0.717) is 51.9 Å². The van der Waals surface area contributed by atoms with Crippen LogP contribution in [0.2, 0.25) is 20.5 Å². The second-order valence-electron chi connectivity index (χ2n) is 17.6. The van der Waals surface area contributed by atoms with Gasteiger partial charge in [-0.25, -0.2) is 10.5 Å². The highest BCUT2D eigenvalue weighted by Crippen LogP contribution is 2.39. The number of halogens is 1. The molecule has 0 aliphatic carbocycles. The minimum atomic E-state index is -0.721. The Morgan fingerprint density at radius 3 is 1.14 bits per heavy atom. The first-order chi connectivity index (χ1) is 30.5. The van der Waals surface area contributed by atoms with Gasteiger partial charge in [0.25, 0.3) is 5.91 Å². The minimum absolute atomic E-state index is 0. The summed E-state index contributed by atoms with van der Waals surface area (Å²) in [6.07, 6.45) is 6.37. The monoisotopic (exact) mass is 922 g/mol. The van der Waals surface area contributed by atoms with Gasteiger partial charge in [-0.15, -0.1) is 12.4 Å². The lowest BCUT2D eigenvalue weighted by molar-refractivity contribution is -0.182. The van der Waals surface area contributed by atoms with Crippen molar-refractivity contribution in [1.29, 1.82) is 0 Å². The number of rotatable bonds is 14. The number of hydrogen-bond donors (Lipinski definition) is 5. The van der Waals surface area contributed by atoms with Gasteiger partial charge < -0.3 is 39.4 Å². The summed E-state index contributed by atoms with van der Waals surface area (Å²) in [6, 6.07) is 30.1. The molecule has 0 atom stereocenters. The SMILES string of the molecule is CB(O)N1CCC(Cc2ccccc2)(C(=O)O)CC1.CB(O)N1CCC(Cc2ccccc2)(C(C)=O)CC1.CNOC.CON(C)C(=O)C1(Cc2ccccc2)CCN(B(C)O)CC1.Cl. The number of nitrogens with zero attached hydrogens (tertiary/aromatic N) is 4. The number of carboxylic acids is 1. The molecular weight excluding hydrogens is 846 g/mol. The molecule has 0 unspecified atom stereocenters. The molecule has 0 spiro atoms. The molecule has 3 aromatic rings. The van der Waals surface area contributed by atoms with Crippen LogP contribution in [0.15, 0.2) is 91.0 Å². The Hall–Kier alpha value is -3.61. The van der Waals surface area contributed by atoms with Crippen LogP contribution < -0.4 is 5.48 Å². The highest BCUT2D eigenvalue weighted by atomic mass is 35.5. The van der Waals surface area contributed by atoms with E-state index < -0.39 is 38.0 Å². The Labute approximate surface area is 395 Å². The molecular formula is C47H75B3ClN5O9. The van der Waals surface area contributed by atoms with E-state index in [1.807, 2.05) is 81.2 Å². The fraction of sp³-hybridized carbons (Fsp3) is 0.553. The van der Waals surface area contributed by atoms with Gasteiger partial charge in [0.15, 0.2) is 0 Å². The third-order valence-electron chi connectivity index (χ3n) is 13.4. The van der Waals surface area contributed by atoms with Gasteiger partial charge in [-0.05, 0) is 141 Å². The predicted octanol–water partition coefficient (Wildman–Crippen LogP) is 5.15. The average molecular weight is 922 g/mol. The van der Waals surface area contributed by atoms with Gasteiger partial charge in [-0.3, -0.25) is 19.2 Å². The predicted molar refractivity (Wildman–Crippen MR) is 263 cm³/mol. The number of ketones is 1. The Morgan fingerprint density at radius 2 is 0.877 bits per heavy atom. The van der Waals surface area contributed by atoms with E-state index in [9.17, 15) is 34.6 Å². The zero-order chi connectivity index (χ0) is 47.3. The molecule has 14 nitrogen and oxygen atoms in total. The number of carboxylic acid groups (broad SMARTS) is 1. The molecule has 3 aliphatic rings. The smallest absolute Gasteiger partial charge is 0.376 e. The van der Waals surface area contributed by atoms with Crippen molar-refractivity contribution in [2.45, 2.75) is 85.2 Å². The lowest BCUT2D eigenvalue weighted by Gasteiger charge is -2.42. The minimum Gasteiger partial charge on any atom is -0.481 e. The fourth-order valence-corrected chi connectivity index (χ4v) is 8.94. The Balaban J connectivity index is 0.000000320. The van der Waals surface area contributed by atoms with Crippen molar-refractivity contribution in [3.8, 4) is 0 Å². The van der Waals surface area contributed by atoms with Crippen molar-refractivity contribution >= 4 is 51.2 Å². The van der Waals surface area contributed by atoms with Crippen LogP contribution in [0.1, 0.15) is 62.1 Å². The van der Waals surface area contributed by atoms with Crippen molar-refractivity contribution in [2.75, 3.05) is 67.6 Å². The highest BCUT2D eigenvalue weighted by Gasteiger charge is 2.45. The number of carbonyl (C=O) groups is 3. The lowest BCUT2D eigenvalue weighted by Crippen LogP contribution is -2.53. The van der Waals surface area contributed by atoms with Gasteiger partial charge in [0, 0.05) is 19.5 Å². The number of piperidine rings is 3. The van der Waals surface area contributed by atoms with E-state index in [4.69, 9.17) is 4.84 Å². The number of hydrogen-bond acceptors (Lipinski definition) is 12. The topological polar surface area (TPSA) is 176 Å². The van der Waals surface area contributed by atoms with Crippen molar-refractivity contribution in [2.24, 2.45) is 16.2 Å². The van der Waals surface area contributed by atoms with Crippen LogP contribution in [-0.4, -0.2) is 146 Å². The number of Topliss-reactive ketones (excluding diaryl/α,β-unsaturated/α-hetero) is 1. The van der Waals surface area contributed by atoms with Crippen molar-refractivity contribution < 1.29 is 44.2 Å². The van der Waals surface area contributed by atoms with Crippen molar-refractivity contribution in [1.82, 2.24) is 25.0 Å². The van der Waals surface area contributed by atoms with Crippen molar-refractivity contribution in [3.63, 3.8) is 0 Å². The molecule has 1 amide bonds. The zero-order valence-electron chi connectivity index (χ0n) is 40.0. The maximum atomic E-state index is 12.9. The summed E-state index contributed by atoms with van der Waals surface area (Å²) in [7, 11) is 5.07. The Bertz CT molecular complexity index is 1710. The molecule has 5 N–H and O–H groups in total. The normalized spacial score (nSPS) is 17.7. The van der Waals surface area contributed by atoms with Gasteiger partial charge in [-0.2, -0.15) is 0 Å². The molecule has 3 saturated heterocycles. The number of nitrogens with one attached hydrogen (secondary N) is 1. The average Bonchev–Trinajstić information content (AvgIpc) is 3.30. The first-order valence-corrected chi connectivity index (χ1v) is 22.6. The van der Waals surface area contributed by atoms with E-state index in [1.165, 1.54) is 17.7 Å². The van der Waals surface area contributed by atoms with E-state index in [1.54, 1.807) is 48.6 Å². The number of amides is 1. The van der Waals surface area contributed by atoms with Crippen molar-refractivity contribution in [3.05, 3.63) is 108 Å². The van der Waals surface area contributed by atoms with Crippen LogP contribution in [0.25, 0.3) is 0 Å². The van der Waals surface area contributed by atoms with E-state index >= 15 is 0 Å². The standard InChI is InChI=1S/C16H25BN2O3.C15H22BNO2.C14H20BNO3.C2H7NO.ClH/c1-17(21)19-11-9-16(10-12-19,15(20)18(2)22-3)13-14-7-5-4-6-8-14;1-13(18)15(12-14-6-4-3-5-7-14)8-10-17(11-9-15)16(2)19;1-15(19)16-9-7-14(8-10-16,13(17)18)11-12-5-3-2-4-6-12;1-3-4-2;/h4-8,21H,9-13H2,1-3H3;3-7,19H,8-12H2,1-2H3;2-6,19H,7-11H2,1H3,(H,17,18);3H,1-2H3;1H. The molecule has 65 heavy (non-hydrogen) atoms. The fourth-order valence-electron chi connectivity index (χ4n) is 8.94. The molecule has 3 aliphatic heterocycles. The summed E-state index contributed by atoms with van der Waals surface area (Å²) in [4.78, 5) is 52.0. The zero-order valence-corrected chi connectivity index (χ0v) is 40.8. The molecule has 3 fully saturated rings. The van der Waals surface area contributed by atoms with Crippen LogP contribution in [-0.2, 0) is 43.3 Å². The first-order valence-electron chi connectivity index (χ1n) is 22.6. The third kappa shape index (κ3) is 17.5. The first kappa shape index (κ1) is 57.5. The molecule has 358 valence electrons. The second-order valence-corrected chi connectivity index (χ2v) is 17.6. The maximum Gasteiger partial charge on any atom is 0.376 e. The van der Waals surface area contributed by atoms with Crippen LogP contribution >= 0.6 is 12.4 Å². The third-order valence-corrected chi connectivity index (χ3v) is 13.4. The summed E-state index contributed by atoms with van der Waals surface area (Å²) in [5, 5.41) is 39.8. The van der Waals surface area contributed by atoms with Crippen LogP contribution in [0.4, 0.5) is 0 Å². The number of carbonyl (C=O) groups excluding carboxylic acids is 2. The van der Waals surface area contributed by atoms with E-state index in [-0.39, 0.29) is 29.5 Å². The van der Waals surface area contributed by atoms with E-state index in [2.05, 4.69) is 34.6 Å². The van der Waals surface area contributed by atoms with E-state index in [0.717, 1.165) is 56.3 Å². The van der Waals surface area contributed by atoms with Gasteiger partial charge in [0.1, 0.15) is 5.78 Å². The molecule has 3 heterocycles. The van der Waals surface area contributed by atoms with Gasteiger partial charge in [-0.1, -0.05) is 91.0 Å². The largest absolute Gasteiger partial charge is 0.481 e. The number of hydroxylamine groups is 3. The quantitative estimate of drug-likeness (QED) is 0.106. The van der Waals surface area contributed by atoms with Gasteiger partial charge in [0.05, 0.1) is 25.0 Å². The number of aliphatic carboxylic acids is 1. The van der Waals surface area contributed by atoms with Gasteiger partial charge in [0.2, 0.25) is 0 Å². The lowest BCUT2D eigenvalue weighted by atomic mass is 9.68. The Morgan fingerprint density at radius 1 is 0.600 bits per heavy atom. The molecule has 0 bridgehead atoms. The summed E-state index contributed by atoms with van der Waals surface area (Å²) >= 11 is 0. The Kier molecular flexibility index (Phi) is 25.3. The maximum absolute atomic E-state index is 12.9. The van der Waals surface area contributed by atoms with Crippen LogP contribution in [0.3, 0.4) is 0 Å². The molecule has 3 aromatic carbocycles. The molecule has 0 aromatic heterocycles. The highest BCUT2D eigenvalue weighted by molar-refractivity contribution is 6.45. The summed E-state index contributed by atoms with van der Waals surface area (Å²) in [5.41, 5.74) is 4.49. The summed E-state index contributed by atoms with van der Waals surface area (Å²) in [6.45, 7) is 11.3. The number of benzene rings is 3. The molecule has 6 rings (SSSR count). The summed E-state index contributed by atoms with van der Waals surface area (Å²) < 4.78 is 0.